The van der Waals surface area contributed by atoms with Crippen molar-refractivity contribution in [3.63, 3.8) is 0 Å². The Labute approximate surface area is 126 Å². The Balaban J connectivity index is 2.09. The van der Waals surface area contributed by atoms with Gasteiger partial charge in [0.05, 0.1) is 0 Å². The van der Waals surface area contributed by atoms with Crippen molar-refractivity contribution in [3.05, 3.63) is 29.6 Å². The van der Waals surface area contributed by atoms with E-state index in [1.54, 1.807) is 12.1 Å². The number of thioether (sulfide) groups is 1. The van der Waals surface area contributed by atoms with Gasteiger partial charge in [0.15, 0.2) is 0 Å². The van der Waals surface area contributed by atoms with Gasteiger partial charge in [-0.05, 0) is 48.4 Å². The van der Waals surface area contributed by atoms with Crippen LogP contribution in [0.25, 0.3) is 0 Å². The second kappa shape index (κ2) is 7.89. The van der Waals surface area contributed by atoms with Crippen molar-refractivity contribution in [2.45, 2.75) is 26.8 Å². The molecule has 0 bridgehead atoms. The fourth-order valence-corrected chi connectivity index (χ4v) is 3.37. The van der Waals surface area contributed by atoms with E-state index in [-0.39, 0.29) is 5.82 Å². The van der Waals surface area contributed by atoms with E-state index >= 15 is 0 Å². The van der Waals surface area contributed by atoms with E-state index in [1.165, 1.54) is 17.9 Å². The first-order chi connectivity index (χ1) is 9.66. The second-order valence-corrected chi connectivity index (χ2v) is 6.98. The largest absolute Gasteiger partial charge is 0.370 e. The van der Waals surface area contributed by atoms with Gasteiger partial charge in [-0.1, -0.05) is 13.8 Å². The summed E-state index contributed by atoms with van der Waals surface area (Å²) in [7, 11) is 0. The molecule has 4 heteroatoms. The molecule has 0 aromatic heterocycles. The Hall–Kier alpha value is -0.740. The van der Waals surface area contributed by atoms with Crippen LogP contribution >= 0.6 is 11.8 Å². The number of hydrogen-bond donors (Lipinski definition) is 1. The zero-order chi connectivity index (χ0) is 14.4. The summed E-state index contributed by atoms with van der Waals surface area (Å²) in [6, 6.07) is 5.21. The minimum Gasteiger partial charge on any atom is -0.370 e. The number of anilines is 1. The van der Waals surface area contributed by atoms with Crippen LogP contribution in [0.4, 0.5) is 10.1 Å². The first-order valence-corrected chi connectivity index (χ1v) is 8.64. The molecular formula is C16H25FN2S. The first-order valence-electron chi connectivity index (χ1n) is 7.48. The van der Waals surface area contributed by atoms with Crippen LogP contribution < -0.4 is 10.2 Å². The third-order valence-electron chi connectivity index (χ3n) is 3.47. The maximum absolute atomic E-state index is 13.5. The summed E-state index contributed by atoms with van der Waals surface area (Å²) in [6.07, 6.45) is 1.21. The van der Waals surface area contributed by atoms with Crippen LogP contribution in [-0.2, 0) is 6.54 Å². The van der Waals surface area contributed by atoms with Crippen molar-refractivity contribution in [2.24, 2.45) is 5.92 Å². The molecular weight excluding hydrogens is 271 g/mol. The lowest BCUT2D eigenvalue weighted by molar-refractivity contribution is 0.549. The Morgan fingerprint density at radius 3 is 2.95 bits per heavy atom. The highest BCUT2D eigenvalue weighted by molar-refractivity contribution is 7.99. The molecule has 0 spiro atoms. The lowest BCUT2D eigenvalue weighted by Crippen LogP contribution is -2.28. The SMILES string of the molecule is CC(C)CNCc1cc(F)ccc1N1CCCSCC1. The number of rotatable bonds is 5. The van der Waals surface area contributed by atoms with Gasteiger partial charge in [0.25, 0.3) is 0 Å². The average molecular weight is 296 g/mol. The van der Waals surface area contributed by atoms with E-state index in [0.29, 0.717) is 5.92 Å². The maximum atomic E-state index is 13.5. The van der Waals surface area contributed by atoms with Crippen LogP contribution in [0.1, 0.15) is 25.8 Å². The molecule has 2 nitrogen and oxygen atoms in total. The molecule has 1 N–H and O–H groups in total. The van der Waals surface area contributed by atoms with Gasteiger partial charge in [-0.15, -0.1) is 0 Å². The third-order valence-corrected chi connectivity index (χ3v) is 4.52. The number of benzene rings is 1. The van der Waals surface area contributed by atoms with Crippen LogP contribution in [0.3, 0.4) is 0 Å². The molecule has 20 heavy (non-hydrogen) atoms. The number of halogens is 1. The molecule has 0 saturated carbocycles. The molecule has 1 saturated heterocycles. The monoisotopic (exact) mass is 296 g/mol. The molecule has 0 aliphatic carbocycles. The Morgan fingerprint density at radius 1 is 1.30 bits per heavy atom. The van der Waals surface area contributed by atoms with Gasteiger partial charge in [0, 0.05) is 31.1 Å². The third kappa shape index (κ3) is 4.67. The molecule has 1 aromatic carbocycles. The lowest BCUT2D eigenvalue weighted by Gasteiger charge is -2.25. The first kappa shape index (κ1) is 15.6. The highest BCUT2D eigenvalue weighted by Gasteiger charge is 2.14. The predicted octanol–water partition coefficient (Wildman–Crippen LogP) is 3.51. The van der Waals surface area contributed by atoms with Gasteiger partial charge in [-0.2, -0.15) is 11.8 Å². The number of nitrogens with one attached hydrogen (secondary N) is 1. The van der Waals surface area contributed by atoms with Crippen molar-refractivity contribution in [3.8, 4) is 0 Å². The summed E-state index contributed by atoms with van der Waals surface area (Å²) in [4.78, 5) is 2.41. The van der Waals surface area contributed by atoms with Gasteiger partial charge in [-0.25, -0.2) is 4.39 Å². The Bertz CT molecular complexity index is 415. The van der Waals surface area contributed by atoms with Crippen LogP contribution in [0, 0.1) is 11.7 Å². The topological polar surface area (TPSA) is 15.3 Å². The maximum Gasteiger partial charge on any atom is 0.123 e. The second-order valence-electron chi connectivity index (χ2n) is 5.75. The predicted molar refractivity (Wildman–Crippen MR) is 87.1 cm³/mol. The summed E-state index contributed by atoms with van der Waals surface area (Å²) in [5, 5.41) is 3.42. The number of nitrogens with zero attached hydrogens (tertiary/aromatic N) is 1. The standard InChI is InChI=1S/C16H25FN2S/c1-13(2)11-18-12-14-10-15(17)4-5-16(14)19-6-3-8-20-9-7-19/h4-5,10,13,18H,3,6-9,11-12H2,1-2H3. The molecule has 1 aliphatic rings. The molecule has 1 heterocycles. The molecule has 1 aromatic rings. The van der Waals surface area contributed by atoms with E-state index in [1.807, 2.05) is 17.8 Å². The average Bonchev–Trinajstić information content (AvgIpc) is 2.67. The van der Waals surface area contributed by atoms with E-state index in [4.69, 9.17) is 0 Å². The minimum atomic E-state index is -0.140. The Morgan fingerprint density at radius 2 is 2.15 bits per heavy atom. The molecule has 1 fully saturated rings. The summed E-state index contributed by atoms with van der Waals surface area (Å²) >= 11 is 2.01. The summed E-state index contributed by atoms with van der Waals surface area (Å²) in [5.41, 5.74) is 2.28. The molecule has 0 amide bonds. The van der Waals surface area contributed by atoms with Crippen molar-refractivity contribution >= 4 is 17.4 Å². The smallest absolute Gasteiger partial charge is 0.123 e. The van der Waals surface area contributed by atoms with Crippen molar-refractivity contribution in [1.82, 2.24) is 5.32 Å². The molecule has 1 aliphatic heterocycles. The van der Waals surface area contributed by atoms with Crippen LogP contribution in [0.2, 0.25) is 0 Å². The lowest BCUT2D eigenvalue weighted by atomic mass is 10.1. The van der Waals surface area contributed by atoms with E-state index < -0.39 is 0 Å². The van der Waals surface area contributed by atoms with Gasteiger partial charge < -0.3 is 10.2 Å². The van der Waals surface area contributed by atoms with Crippen LogP contribution in [-0.4, -0.2) is 31.1 Å². The van der Waals surface area contributed by atoms with E-state index in [2.05, 4.69) is 24.1 Å². The quantitative estimate of drug-likeness (QED) is 0.895. The van der Waals surface area contributed by atoms with Crippen LogP contribution in [0.5, 0.6) is 0 Å². The molecule has 2 rings (SSSR count). The van der Waals surface area contributed by atoms with Crippen LogP contribution in [0.15, 0.2) is 18.2 Å². The van der Waals surface area contributed by atoms with Gasteiger partial charge in [0.2, 0.25) is 0 Å². The summed E-state index contributed by atoms with van der Waals surface area (Å²) in [5.74, 6) is 2.87. The molecule has 0 radical (unpaired) electrons. The highest BCUT2D eigenvalue weighted by atomic mass is 32.2. The zero-order valence-electron chi connectivity index (χ0n) is 12.5. The van der Waals surface area contributed by atoms with Gasteiger partial charge >= 0.3 is 0 Å². The summed E-state index contributed by atoms with van der Waals surface area (Å²) in [6.45, 7) is 8.22. The van der Waals surface area contributed by atoms with E-state index in [0.717, 1.165) is 37.5 Å². The van der Waals surface area contributed by atoms with Gasteiger partial charge in [-0.3, -0.25) is 0 Å². The highest BCUT2D eigenvalue weighted by Crippen LogP contribution is 2.24. The fourth-order valence-electron chi connectivity index (χ4n) is 2.49. The van der Waals surface area contributed by atoms with Crippen molar-refractivity contribution in [2.75, 3.05) is 36.0 Å². The minimum absolute atomic E-state index is 0.140. The summed E-state index contributed by atoms with van der Waals surface area (Å²) < 4.78 is 13.5. The normalized spacial score (nSPS) is 16.5. The van der Waals surface area contributed by atoms with E-state index in [9.17, 15) is 4.39 Å². The van der Waals surface area contributed by atoms with Crippen molar-refractivity contribution in [1.29, 1.82) is 0 Å². The molecule has 112 valence electrons. The zero-order valence-corrected chi connectivity index (χ0v) is 13.3. The number of hydrogen-bond acceptors (Lipinski definition) is 3. The molecule has 0 unspecified atom stereocenters. The molecule has 0 atom stereocenters. The fraction of sp³-hybridized carbons (Fsp3) is 0.625. The van der Waals surface area contributed by atoms with Gasteiger partial charge in [0.1, 0.15) is 5.82 Å². The Kier molecular flexibility index (Phi) is 6.17. The van der Waals surface area contributed by atoms with Crippen molar-refractivity contribution < 1.29 is 4.39 Å².